The average Bonchev–Trinajstić information content (AvgIpc) is 2.98. The van der Waals surface area contributed by atoms with Gasteiger partial charge in [-0.25, -0.2) is 0 Å². The number of likely N-dealkylation sites (N-methyl/N-ethyl adjacent to an activating group) is 1. The molecule has 1 heterocycles. The minimum absolute atomic E-state index is 0.221. The fourth-order valence-electron chi connectivity index (χ4n) is 4.78. The van der Waals surface area contributed by atoms with E-state index in [9.17, 15) is 14.7 Å². The third-order valence-electron chi connectivity index (χ3n) is 6.84. The molecule has 2 unspecified atom stereocenters. The molecule has 0 aromatic heterocycles. The number of rotatable bonds is 7. The van der Waals surface area contributed by atoms with Crippen LogP contribution in [0.2, 0.25) is 0 Å². The van der Waals surface area contributed by atoms with E-state index in [0.717, 1.165) is 48.2 Å². The second-order valence-electron chi connectivity index (χ2n) is 9.23. The summed E-state index contributed by atoms with van der Waals surface area (Å²) >= 11 is 0. The van der Waals surface area contributed by atoms with Crippen LogP contribution >= 0.6 is 0 Å². The highest BCUT2D eigenvalue weighted by Crippen LogP contribution is 2.33. The number of fused-ring (bicyclic) bond motifs is 1. The molecular formula is C27H34N4O3. The maximum absolute atomic E-state index is 13.3. The summed E-state index contributed by atoms with van der Waals surface area (Å²) in [7, 11) is 1.73. The Kier molecular flexibility index (Phi) is 7.75. The van der Waals surface area contributed by atoms with Gasteiger partial charge in [0.2, 0.25) is 12.1 Å². The van der Waals surface area contributed by atoms with Crippen LogP contribution in [0.5, 0.6) is 0 Å². The molecule has 3 N–H and O–H groups in total. The van der Waals surface area contributed by atoms with Crippen molar-refractivity contribution in [1.82, 2.24) is 10.6 Å². The SMILES string of the molecule is C[C@H](NCC(O)c1ccccc1)C(=O)NC1N=C(C2CCCCC2)c2ccccc2N(C)C1=O. The fraction of sp³-hybridized carbons (Fsp3) is 0.444. The zero-order valence-electron chi connectivity index (χ0n) is 19.9. The summed E-state index contributed by atoms with van der Waals surface area (Å²) in [4.78, 5) is 32.7. The molecule has 34 heavy (non-hydrogen) atoms. The van der Waals surface area contributed by atoms with Crippen molar-refractivity contribution in [1.29, 1.82) is 0 Å². The van der Waals surface area contributed by atoms with Crippen molar-refractivity contribution in [3.8, 4) is 0 Å². The number of nitrogens with one attached hydrogen (secondary N) is 2. The van der Waals surface area contributed by atoms with E-state index < -0.39 is 18.3 Å². The molecule has 2 aromatic rings. The van der Waals surface area contributed by atoms with Crippen LogP contribution in [0.1, 0.15) is 56.3 Å². The van der Waals surface area contributed by atoms with Crippen molar-refractivity contribution in [2.45, 2.75) is 57.3 Å². The quantitative estimate of drug-likeness (QED) is 0.589. The lowest BCUT2D eigenvalue weighted by molar-refractivity contribution is -0.128. The maximum atomic E-state index is 13.3. The van der Waals surface area contributed by atoms with Crippen LogP contribution in [0.4, 0.5) is 5.69 Å². The molecule has 2 amide bonds. The van der Waals surface area contributed by atoms with Gasteiger partial charge >= 0.3 is 0 Å². The van der Waals surface area contributed by atoms with Gasteiger partial charge in [-0.2, -0.15) is 0 Å². The van der Waals surface area contributed by atoms with Crippen LogP contribution in [-0.4, -0.2) is 48.4 Å². The molecule has 1 saturated carbocycles. The van der Waals surface area contributed by atoms with Crippen molar-refractivity contribution in [3.05, 3.63) is 65.7 Å². The number of aliphatic imine (C=N–C) groups is 1. The Balaban J connectivity index is 1.49. The molecule has 1 fully saturated rings. The van der Waals surface area contributed by atoms with E-state index in [1.165, 1.54) is 6.42 Å². The second-order valence-corrected chi connectivity index (χ2v) is 9.23. The minimum atomic E-state index is -0.981. The summed E-state index contributed by atoms with van der Waals surface area (Å²) in [6.45, 7) is 1.94. The predicted octanol–water partition coefficient (Wildman–Crippen LogP) is 3.19. The molecular weight excluding hydrogens is 428 g/mol. The average molecular weight is 463 g/mol. The van der Waals surface area contributed by atoms with Crippen LogP contribution in [0.3, 0.4) is 0 Å². The van der Waals surface area contributed by atoms with Crippen LogP contribution in [0.15, 0.2) is 59.6 Å². The first kappa shape index (κ1) is 24.1. The third kappa shape index (κ3) is 5.37. The number of aliphatic hydroxyl groups excluding tert-OH is 1. The first-order valence-electron chi connectivity index (χ1n) is 12.2. The van der Waals surface area contributed by atoms with Gasteiger partial charge in [-0.3, -0.25) is 14.6 Å². The number of carbonyl (C=O) groups excluding carboxylic acids is 2. The Bertz CT molecular complexity index is 1030. The first-order valence-corrected chi connectivity index (χ1v) is 12.2. The Morgan fingerprint density at radius 1 is 1.09 bits per heavy atom. The first-order chi connectivity index (χ1) is 16.5. The molecule has 4 rings (SSSR count). The van der Waals surface area contributed by atoms with Crippen molar-refractivity contribution < 1.29 is 14.7 Å². The topological polar surface area (TPSA) is 94.0 Å². The molecule has 180 valence electrons. The van der Waals surface area contributed by atoms with Crippen molar-refractivity contribution in [2.24, 2.45) is 10.9 Å². The Morgan fingerprint density at radius 3 is 2.50 bits per heavy atom. The molecule has 1 aliphatic carbocycles. The lowest BCUT2D eigenvalue weighted by Gasteiger charge is -2.25. The smallest absolute Gasteiger partial charge is 0.272 e. The van der Waals surface area contributed by atoms with Gasteiger partial charge in [0.05, 0.1) is 23.5 Å². The van der Waals surface area contributed by atoms with Crippen LogP contribution in [0.25, 0.3) is 0 Å². The number of anilines is 1. The van der Waals surface area contributed by atoms with Crippen LogP contribution < -0.4 is 15.5 Å². The summed E-state index contributed by atoms with van der Waals surface area (Å²) in [6, 6.07) is 16.5. The number of benzodiazepines with no additional fused rings is 1. The number of nitrogens with zero attached hydrogens (tertiary/aromatic N) is 2. The molecule has 0 bridgehead atoms. The van der Waals surface area contributed by atoms with E-state index in [0.29, 0.717) is 0 Å². The van der Waals surface area contributed by atoms with Crippen molar-refractivity contribution >= 4 is 23.2 Å². The van der Waals surface area contributed by atoms with Gasteiger partial charge in [0.1, 0.15) is 0 Å². The molecule has 0 saturated heterocycles. The Morgan fingerprint density at radius 2 is 1.76 bits per heavy atom. The lowest BCUT2D eigenvalue weighted by atomic mass is 9.83. The third-order valence-corrected chi connectivity index (χ3v) is 6.84. The number of para-hydroxylation sites is 1. The Labute approximate surface area is 201 Å². The number of aliphatic hydroxyl groups is 1. The van der Waals surface area contributed by atoms with Gasteiger partial charge < -0.3 is 20.6 Å². The van der Waals surface area contributed by atoms with Gasteiger partial charge in [-0.15, -0.1) is 0 Å². The summed E-state index contributed by atoms with van der Waals surface area (Å²) in [5.41, 5.74) is 3.49. The number of benzene rings is 2. The highest BCUT2D eigenvalue weighted by Gasteiger charge is 2.34. The van der Waals surface area contributed by atoms with Crippen LogP contribution in [-0.2, 0) is 9.59 Å². The highest BCUT2D eigenvalue weighted by molar-refractivity contribution is 6.14. The summed E-state index contributed by atoms with van der Waals surface area (Å²) in [5.74, 6) is -0.307. The second kappa shape index (κ2) is 10.9. The van der Waals surface area contributed by atoms with Gasteiger partial charge in [-0.1, -0.05) is 67.8 Å². The normalized spacial score (nSPS) is 20.7. The summed E-state index contributed by atoms with van der Waals surface area (Å²) in [6.07, 6.45) is 3.90. The minimum Gasteiger partial charge on any atom is -0.387 e. The number of hydrogen-bond donors (Lipinski definition) is 3. The van der Waals surface area contributed by atoms with E-state index >= 15 is 0 Å². The molecule has 2 aliphatic rings. The van der Waals surface area contributed by atoms with E-state index in [1.807, 2.05) is 54.6 Å². The van der Waals surface area contributed by atoms with E-state index in [2.05, 4.69) is 10.6 Å². The lowest BCUT2D eigenvalue weighted by Crippen LogP contribution is -2.51. The van der Waals surface area contributed by atoms with Gasteiger partial charge in [-0.05, 0) is 31.4 Å². The molecule has 0 radical (unpaired) electrons. The number of hydrogen-bond acceptors (Lipinski definition) is 5. The summed E-state index contributed by atoms with van der Waals surface area (Å²) in [5, 5.41) is 16.3. The monoisotopic (exact) mass is 462 g/mol. The standard InChI is InChI=1S/C27H34N4O3/c1-18(28-17-23(32)19-11-5-3-6-12-19)26(33)30-25-27(34)31(2)22-16-10-9-15-21(22)24(29-25)20-13-7-4-8-14-20/h3,5-6,9-12,15-16,18,20,23,25,28,32H,4,7-8,13-14,17H2,1-2H3,(H,30,33)/t18-,23?,25?/m0/s1. The van der Waals surface area contributed by atoms with Crippen molar-refractivity contribution in [3.63, 3.8) is 0 Å². The zero-order chi connectivity index (χ0) is 24.1. The maximum Gasteiger partial charge on any atom is 0.272 e. The fourth-order valence-corrected chi connectivity index (χ4v) is 4.78. The largest absolute Gasteiger partial charge is 0.387 e. The number of carbonyl (C=O) groups is 2. The van der Waals surface area contributed by atoms with Crippen LogP contribution in [0, 0.1) is 5.92 Å². The van der Waals surface area contributed by atoms with Gasteiger partial charge in [0.15, 0.2) is 0 Å². The highest BCUT2D eigenvalue weighted by atomic mass is 16.3. The molecule has 1 aliphatic heterocycles. The predicted molar refractivity (Wildman–Crippen MR) is 134 cm³/mol. The van der Waals surface area contributed by atoms with E-state index in [-0.39, 0.29) is 24.3 Å². The molecule has 7 nitrogen and oxygen atoms in total. The van der Waals surface area contributed by atoms with Crippen molar-refractivity contribution in [2.75, 3.05) is 18.5 Å². The Hall–Kier alpha value is -3.03. The van der Waals surface area contributed by atoms with Gasteiger partial charge in [0, 0.05) is 25.1 Å². The molecule has 0 spiro atoms. The number of amides is 2. The van der Waals surface area contributed by atoms with Gasteiger partial charge in [0.25, 0.3) is 5.91 Å². The van der Waals surface area contributed by atoms with E-state index in [4.69, 9.17) is 4.99 Å². The molecule has 3 atom stereocenters. The zero-order valence-corrected chi connectivity index (χ0v) is 19.9. The molecule has 7 heteroatoms. The molecule has 2 aromatic carbocycles. The van der Waals surface area contributed by atoms with E-state index in [1.54, 1.807) is 18.9 Å². The summed E-state index contributed by atoms with van der Waals surface area (Å²) < 4.78 is 0.